The molecule has 2 heterocycles. The molecule has 7 heteroatoms. The molecule has 1 atom stereocenters. The van der Waals surface area contributed by atoms with Crippen LogP contribution in [0.25, 0.3) is 5.69 Å². The highest BCUT2D eigenvalue weighted by molar-refractivity contribution is 8.00. The van der Waals surface area contributed by atoms with E-state index in [4.69, 9.17) is 0 Å². The molecule has 0 spiro atoms. The molecular formula is C19H19N5OS. The predicted molar refractivity (Wildman–Crippen MR) is 102 cm³/mol. The molecule has 0 radical (unpaired) electrons. The third kappa shape index (κ3) is 3.10. The Kier molecular flexibility index (Phi) is 4.46. The molecule has 1 amide bonds. The lowest BCUT2D eigenvalue weighted by atomic mass is 10.2. The highest BCUT2D eigenvalue weighted by Crippen LogP contribution is 2.31. The first-order valence-corrected chi connectivity index (χ1v) is 9.43. The van der Waals surface area contributed by atoms with Gasteiger partial charge in [-0.1, -0.05) is 47.7 Å². The molecule has 0 bridgehead atoms. The second-order valence-corrected chi connectivity index (χ2v) is 7.65. The molecule has 1 unspecified atom stereocenters. The molecule has 1 aliphatic heterocycles. The van der Waals surface area contributed by atoms with Crippen LogP contribution in [-0.2, 0) is 11.2 Å². The fourth-order valence-corrected chi connectivity index (χ4v) is 3.97. The number of aryl methyl sites for hydroxylation is 1. The Balaban J connectivity index is 1.53. The van der Waals surface area contributed by atoms with Crippen molar-refractivity contribution in [1.29, 1.82) is 0 Å². The van der Waals surface area contributed by atoms with E-state index in [1.54, 1.807) is 4.68 Å². The molecular weight excluding hydrogens is 346 g/mol. The van der Waals surface area contributed by atoms with Gasteiger partial charge in [0, 0.05) is 12.2 Å². The Labute approximate surface area is 156 Å². The van der Waals surface area contributed by atoms with Crippen molar-refractivity contribution < 1.29 is 4.79 Å². The summed E-state index contributed by atoms with van der Waals surface area (Å²) in [6, 6.07) is 16.0. The second-order valence-electron chi connectivity index (χ2n) is 6.34. The Hall–Kier alpha value is -2.67. The molecule has 6 nitrogen and oxygen atoms in total. The molecule has 0 N–H and O–H groups in total. The average Bonchev–Trinajstić information content (AvgIpc) is 3.28. The molecule has 0 fully saturated rings. The monoisotopic (exact) mass is 365 g/mol. The van der Waals surface area contributed by atoms with Crippen molar-refractivity contribution in [3.8, 4) is 5.69 Å². The van der Waals surface area contributed by atoms with Gasteiger partial charge in [-0.05, 0) is 54.5 Å². The summed E-state index contributed by atoms with van der Waals surface area (Å²) in [4.78, 5) is 14.8. The zero-order valence-corrected chi connectivity index (χ0v) is 15.5. The minimum absolute atomic E-state index is 0.0819. The summed E-state index contributed by atoms with van der Waals surface area (Å²) in [5.41, 5.74) is 4.30. The van der Waals surface area contributed by atoms with Gasteiger partial charge >= 0.3 is 0 Å². The zero-order chi connectivity index (χ0) is 18.1. The normalized spacial score (nSPS) is 14.3. The smallest absolute Gasteiger partial charge is 0.240 e. The van der Waals surface area contributed by atoms with Gasteiger partial charge in [0.2, 0.25) is 11.1 Å². The summed E-state index contributed by atoms with van der Waals surface area (Å²) in [5, 5.41) is 12.3. The van der Waals surface area contributed by atoms with E-state index in [1.165, 1.54) is 22.9 Å². The minimum atomic E-state index is -0.281. The van der Waals surface area contributed by atoms with Crippen LogP contribution in [0.4, 0.5) is 5.69 Å². The largest absolute Gasteiger partial charge is 0.311 e. The first kappa shape index (κ1) is 16.8. The van der Waals surface area contributed by atoms with Crippen LogP contribution in [0.1, 0.15) is 18.1 Å². The number of carbonyl (C=O) groups is 1. The Morgan fingerprint density at radius 3 is 2.73 bits per heavy atom. The lowest BCUT2D eigenvalue weighted by Crippen LogP contribution is -2.35. The van der Waals surface area contributed by atoms with Crippen LogP contribution in [0.2, 0.25) is 0 Å². The van der Waals surface area contributed by atoms with Crippen LogP contribution in [0, 0.1) is 6.92 Å². The number of tetrazole rings is 1. The van der Waals surface area contributed by atoms with Gasteiger partial charge in [0.15, 0.2) is 0 Å². The number of para-hydroxylation sites is 1. The molecule has 3 aromatic rings. The van der Waals surface area contributed by atoms with Crippen molar-refractivity contribution in [3.05, 3.63) is 59.7 Å². The van der Waals surface area contributed by atoms with Crippen molar-refractivity contribution in [3.63, 3.8) is 0 Å². The van der Waals surface area contributed by atoms with Gasteiger partial charge in [-0.15, -0.1) is 5.10 Å². The van der Waals surface area contributed by atoms with Gasteiger partial charge < -0.3 is 4.90 Å². The van der Waals surface area contributed by atoms with Crippen LogP contribution in [0.15, 0.2) is 53.7 Å². The number of amides is 1. The number of anilines is 1. The molecule has 1 aliphatic rings. The first-order valence-electron chi connectivity index (χ1n) is 8.55. The molecule has 0 saturated heterocycles. The number of fused-ring (bicyclic) bond motifs is 1. The fraction of sp³-hybridized carbons (Fsp3) is 0.263. The number of aromatic nitrogens is 4. The lowest BCUT2D eigenvalue weighted by Gasteiger charge is -2.21. The van der Waals surface area contributed by atoms with E-state index in [-0.39, 0.29) is 11.2 Å². The number of hydrogen-bond acceptors (Lipinski definition) is 5. The van der Waals surface area contributed by atoms with E-state index in [0.717, 1.165) is 24.3 Å². The lowest BCUT2D eigenvalue weighted by molar-refractivity contribution is -0.117. The highest BCUT2D eigenvalue weighted by atomic mass is 32.2. The van der Waals surface area contributed by atoms with Gasteiger partial charge in [-0.25, -0.2) is 0 Å². The average molecular weight is 365 g/mol. The molecule has 4 rings (SSSR count). The number of rotatable bonds is 4. The maximum absolute atomic E-state index is 13.0. The van der Waals surface area contributed by atoms with Crippen molar-refractivity contribution in [2.24, 2.45) is 0 Å². The van der Waals surface area contributed by atoms with E-state index < -0.39 is 0 Å². The van der Waals surface area contributed by atoms with Crippen molar-refractivity contribution in [2.75, 3.05) is 11.4 Å². The molecule has 0 saturated carbocycles. The summed E-state index contributed by atoms with van der Waals surface area (Å²) >= 11 is 1.38. The summed E-state index contributed by atoms with van der Waals surface area (Å²) in [7, 11) is 0. The zero-order valence-electron chi connectivity index (χ0n) is 14.7. The van der Waals surface area contributed by atoms with Crippen LogP contribution in [-0.4, -0.2) is 37.9 Å². The fourth-order valence-electron chi connectivity index (χ4n) is 3.10. The van der Waals surface area contributed by atoms with Crippen LogP contribution in [0.5, 0.6) is 0 Å². The first-order chi connectivity index (χ1) is 12.6. The third-order valence-electron chi connectivity index (χ3n) is 4.50. The van der Waals surface area contributed by atoms with Crippen LogP contribution < -0.4 is 4.90 Å². The van der Waals surface area contributed by atoms with Gasteiger partial charge in [0.1, 0.15) is 0 Å². The number of hydrogen-bond donors (Lipinski definition) is 0. The molecule has 132 valence electrons. The van der Waals surface area contributed by atoms with Crippen molar-refractivity contribution >= 4 is 23.4 Å². The van der Waals surface area contributed by atoms with Gasteiger partial charge in [-0.2, -0.15) is 4.68 Å². The van der Waals surface area contributed by atoms with E-state index in [9.17, 15) is 4.79 Å². The number of carbonyl (C=O) groups excluding carboxylic acids is 1. The molecule has 2 aromatic carbocycles. The van der Waals surface area contributed by atoms with Gasteiger partial charge in [0.05, 0.1) is 10.9 Å². The minimum Gasteiger partial charge on any atom is -0.311 e. The van der Waals surface area contributed by atoms with E-state index in [2.05, 4.69) is 21.6 Å². The molecule has 1 aromatic heterocycles. The van der Waals surface area contributed by atoms with Gasteiger partial charge in [0.25, 0.3) is 0 Å². The predicted octanol–water partition coefficient (Wildman–Crippen LogP) is 3.04. The molecule has 26 heavy (non-hydrogen) atoms. The van der Waals surface area contributed by atoms with Crippen LogP contribution >= 0.6 is 11.8 Å². The summed E-state index contributed by atoms with van der Waals surface area (Å²) < 4.78 is 1.67. The maximum Gasteiger partial charge on any atom is 0.240 e. The second kappa shape index (κ2) is 6.92. The number of thioether (sulfide) groups is 1. The number of nitrogens with zero attached hydrogens (tertiary/aromatic N) is 5. The van der Waals surface area contributed by atoms with Crippen molar-refractivity contribution in [1.82, 2.24) is 20.2 Å². The summed E-state index contributed by atoms with van der Waals surface area (Å²) in [6.45, 7) is 4.67. The quantitative estimate of drug-likeness (QED) is 0.665. The van der Waals surface area contributed by atoms with E-state index in [1.807, 2.05) is 61.2 Å². The summed E-state index contributed by atoms with van der Waals surface area (Å²) in [6.07, 6.45) is 0.903. The van der Waals surface area contributed by atoms with Crippen molar-refractivity contribution in [2.45, 2.75) is 30.7 Å². The standard InChI is InChI=1S/C19H19N5OS/c1-13-7-9-16(10-8-13)24-19(20-21-22-24)26-14(2)18(25)23-12-11-15-5-3-4-6-17(15)23/h3-10,14H,11-12H2,1-2H3. The SMILES string of the molecule is Cc1ccc(-n2nnnc2SC(C)C(=O)N2CCc3ccccc32)cc1. The summed E-state index contributed by atoms with van der Waals surface area (Å²) in [5.74, 6) is 0.0819. The molecule has 0 aliphatic carbocycles. The number of benzene rings is 2. The van der Waals surface area contributed by atoms with E-state index >= 15 is 0 Å². The Morgan fingerprint density at radius 1 is 1.15 bits per heavy atom. The highest BCUT2D eigenvalue weighted by Gasteiger charge is 2.29. The van der Waals surface area contributed by atoms with Gasteiger partial charge in [-0.3, -0.25) is 4.79 Å². The Bertz CT molecular complexity index is 937. The maximum atomic E-state index is 13.0. The van der Waals surface area contributed by atoms with Crippen LogP contribution in [0.3, 0.4) is 0 Å². The van der Waals surface area contributed by atoms with E-state index in [0.29, 0.717) is 5.16 Å². The third-order valence-corrected chi connectivity index (χ3v) is 5.52. The Morgan fingerprint density at radius 2 is 1.92 bits per heavy atom. The topological polar surface area (TPSA) is 63.9 Å².